The predicted molar refractivity (Wildman–Crippen MR) is 135 cm³/mol. The molecule has 0 saturated carbocycles. The number of carbonyl (C=O) groups excluding carboxylic acids is 1. The van der Waals surface area contributed by atoms with Gasteiger partial charge < -0.3 is 15.2 Å². The van der Waals surface area contributed by atoms with Crippen molar-refractivity contribution in [3.05, 3.63) is 107 Å². The highest BCUT2D eigenvalue weighted by Crippen LogP contribution is 2.16. The minimum Gasteiger partial charge on any atom is -0.394 e. The van der Waals surface area contributed by atoms with E-state index < -0.39 is 24.0 Å². The Morgan fingerprint density at radius 2 is 1.83 bits per heavy atom. The first-order valence-corrected chi connectivity index (χ1v) is 11.2. The quantitative estimate of drug-likeness (QED) is 0.276. The predicted octanol–water partition coefficient (Wildman–Crippen LogP) is 3.98. The molecule has 1 amide bonds. The maximum atomic E-state index is 15.0. The molecule has 0 unspecified atom stereocenters. The number of hydrogen-bond donors (Lipinski definition) is 3. The van der Waals surface area contributed by atoms with Gasteiger partial charge in [0.2, 0.25) is 5.97 Å². The van der Waals surface area contributed by atoms with Crippen molar-refractivity contribution in [3.63, 3.8) is 0 Å². The molecule has 0 fully saturated rings. The molecule has 1 heterocycles. The van der Waals surface area contributed by atoms with Crippen LogP contribution in [0.25, 0.3) is 5.70 Å². The van der Waals surface area contributed by atoms with Gasteiger partial charge in [-0.25, -0.2) is 0 Å². The van der Waals surface area contributed by atoms with E-state index in [1.807, 2.05) is 12.1 Å². The fraction of sp³-hybridized carbons (Fsp3) is 0.192. The Balaban J connectivity index is 1.79. The highest BCUT2D eigenvalue weighted by Gasteiger charge is 2.25. The van der Waals surface area contributed by atoms with Crippen LogP contribution in [-0.2, 0) is 11.2 Å². The number of nitrogens with one attached hydrogen (secondary N) is 2. The fourth-order valence-corrected chi connectivity index (χ4v) is 3.51. The Morgan fingerprint density at radius 3 is 2.46 bits per heavy atom. The van der Waals surface area contributed by atoms with Crippen molar-refractivity contribution in [2.45, 2.75) is 18.6 Å². The maximum Gasteiger partial charge on any atom is 0.252 e. The van der Waals surface area contributed by atoms with Crippen LogP contribution in [0.15, 0.2) is 84.6 Å². The Labute approximate surface area is 208 Å². The Hall–Kier alpha value is -3.59. The molecule has 2 atom stereocenters. The van der Waals surface area contributed by atoms with E-state index in [1.165, 1.54) is 19.2 Å². The van der Waals surface area contributed by atoms with Crippen molar-refractivity contribution in [2.24, 2.45) is 5.10 Å². The summed E-state index contributed by atoms with van der Waals surface area (Å²) in [5, 5.41) is 16.9. The van der Waals surface area contributed by atoms with Crippen molar-refractivity contribution in [1.82, 2.24) is 15.7 Å². The lowest BCUT2D eigenvalue weighted by Crippen LogP contribution is -2.47. The van der Waals surface area contributed by atoms with E-state index in [2.05, 4.69) is 27.4 Å². The number of rotatable bonds is 11. The number of nitrogens with zero attached hydrogens (tertiary/aromatic N) is 2. The smallest absolute Gasteiger partial charge is 0.252 e. The van der Waals surface area contributed by atoms with Crippen molar-refractivity contribution in [1.29, 1.82) is 0 Å². The molecule has 0 aliphatic heterocycles. The van der Waals surface area contributed by atoms with E-state index in [-0.39, 0.29) is 17.7 Å². The summed E-state index contributed by atoms with van der Waals surface area (Å²) in [5.74, 6) is -1.43. The van der Waals surface area contributed by atoms with Crippen molar-refractivity contribution < 1.29 is 19.0 Å². The van der Waals surface area contributed by atoms with Gasteiger partial charge in [-0.2, -0.15) is 4.39 Å². The minimum atomic E-state index is -0.891. The summed E-state index contributed by atoms with van der Waals surface area (Å²) in [6, 6.07) is 17.8. The zero-order valence-electron chi connectivity index (χ0n) is 19.1. The van der Waals surface area contributed by atoms with Gasteiger partial charge in [-0.3, -0.25) is 15.2 Å². The third-order valence-corrected chi connectivity index (χ3v) is 5.53. The van der Waals surface area contributed by atoms with Crippen LogP contribution in [-0.4, -0.2) is 47.8 Å². The zero-order valence-corrected chi connectivity index (χ0v) is 19.9. The van der Waals surface area contributed by atoms with E-state index in [0.717, 1.165) is 0 Å². The molecule has 2 aromatic carbocycles. The fourth-order valence-electron chi connectivity index (χ4n) is 3.39. The van der Waals surface area contributed by atoms with Gasteiger partial charge in [-0.1, -0.05) is 48.5 Å². The van der Waals surface area contributed by atoms with E-state index in [4.69, 9.17) is 16.3 Å². The average molecular weight is 497 g/mol. The van der Waals surface area contributed by atoms with Crippen LogP contribution in [0.3, 0.4) is 0 Å². The SMILES string of the molecule is C=C(N/N=C(\F)c1ccccc1C(=O)N[C@H](Cc1ccccn1)[C@@H](CO)OC)c1ccc(Cl)cc1. The normalized spacial score (nSPS) is 13.1. The minimum absolute atomic E-state index is 0.00374. The Kier molecular flexibility index (Phi) is 9.48. The number of halogens is 2. The summed E-state index contributed by atoms with van der Waals surface area (Å²) in [5.41, 5.74) is 4.40. The molecule has 3 N–H and O–H groups in total. The molecule has 182 valence electrons. The second-order valence-electron chi connectivity index (χ2n) is 7.61. The third kappa shape index (κ3) is 7.19. The van der Waals surface area contributed by atoms with Crippen LogP contribution >= 0.6 is 11.6 Å². The van der Waals surface area contributed by atoms with Gasteiger partial charge in [0.15, 0.2) is 0 Å². The van der Waals surface area contributed by atoms with Crippen LogP contribution in [0.2, 0.25) is 5.02 Å². The highest BCUT2D eigenvalue weighted by atomic mass is 35.5. The lowest BCUT2D eigenvalue weighted by atomic mass is 10.0. The topological polar surface area (TPSA) is 95.8 Å². The van der Waals surface area contributed by atoms with Crippen molar-refractivity contribution >= 4 is 29.2 Å². The Bertz CT molecular complexity index is 1170. The molecular weight excluding hydrogens is 471 g/mol. The first kappa shape index (κ1) is 26.0. The number of aliphatic hydroxyl groups is 1. The molecule has 0 radical (unpaired) electrons. The van der Waals surface area contributed by atoms with Crippen molar-refractivity contribution in [3.8, 4) is 0 Å². The highest BCUT2D eigenvalue weighted by molar-refractivity contribution is 6.30. The number of carbonyl (C=O) groups is 1. The number of aromatic nitrogens is 1. The first-order valence-electron chi connectivity index (χ1n) is 10.8. The van der Waals surface area contributed by atoms with E-state index in [1.54, 1.807) is 48.7 Å². The van der Waals surface area contributed by atoms with Gasteiger partial charge in [-0.05, 0) is 42.0 Å². The summed E-state index contributed by atoms with van der Waals surface area (Å²) in [4.78, 5) is 17.4. The van der Waals surface area contributed by atoms with Gasteiger partial charge in [0.05, 0.1) is 23.9 Å². The zero-order chi connectivity index (χ0) is 25.2. The monoisotopic (exact) mass is 496 g/mol. The number of amides is 1. The molecule has 9 heteroatoms. The molecule has 0 spiro atoms. The van der Waals surface area contributed by atoms with Gasteiger partial charge >= 0.3 is 0 Å². The summed E-state index contributed by atoms with van der Waals surface area (Å²) in [6.45, 7) is 3.53. The average Bonchev–Trinajstić information content (AvgIpc) is 2.88. The molecule has 35 heavy (non-hydrogen) atoms. The number of methoxy groups -OCH3 is 1. The van der Waals surface area contributed by atoms with E-state index >= 15 is 4.39 Å². The number of aliphatic hydroxyl groups excluding tert-OH is 1. The van der Waals surface area contributed by atoms with Gasteiger partial charge in [0, 0.05) is 36.0 Å². The van der Waals surface area contributed by atoms with Crippen LogP contribution in [0.5, 0.6) is 0 Å². The standard InChI is InChI=1S/C26H26ClFN4O3/c1-17(18-10-12-19(27)13-11-18)31-32-25(28)21-8-3-4-9-22(21)26(34)30-23(24(16-33)35-2)15-20-7-5-6-14-29-20/h3-14,23-24,31,33H,1,15-16H2,2H3,(H,30,34)/b32-25-/t23-,24-/m1/s1. The van der Waals surface area contributed by atoms with E-state index in [0.29, 0.717) is 28.4 Å². The lowest BCUT2D eigenvalue weighted by Gasteiger charge is -2.25. The molecule has 3 aromatic rings. The van der Waals surface area contributed by atoms with Gasteiger partial charge in [-0.15, -0.1) is 5.10 Å². The second kappa shape index (κ2) is 12.8. The van der Waals surface area contributed by atoms with Gasteiger partial charge in [0.25, 0.3) is 5.91 Å². The number of hydrogen-bond acceptors (Lipinski definition) is 6. The van der Waals surface area contributed by atoms with Gasteiger partial charge in [0.1, 0.15) is 6.10 Å². The van der Waals surface area contributed by atoms with E-state index in [9.17, 15) is 9.90 Å². The van der Waals surface area contributed by atoms with Crippen LogP contribution in [0, 0.1) is 0 Å². The van der Waals surface area contributed by atoms with Crippen LogP contribution in [0.4, 0.5) is 4.39 Å². The number of ether oxygens (including phenoxy) is 1. The molecule has 0 aliphatic carbocycles. The molecular formula is C26H26ClFN4O3. The van der Waals surface area contributed by atoms with Crippen LogP contribution < -0.4 is 10.7 Å². The number of hydrazone groups is 1. The Morgan fingerprint density at radius 1 is 1.14 bits per heavy atom. The summed E-state index contributed by atoms with van der Waals surface area (Å²) in [6.07, 6.45) is 1.27. The molecule has 0 bridgehead atoms. The number of pyridine rings is 1. The summed E-state index contributed by atoms with van der Waals surface area (Å²) < 4.78 is 20.4. The molecule has 0 aliphatic rings. The molecule has 7 nitrogen and oxygen atoms in total. The number of benzene rings is 2. The summed E-state index contributed by atoms with van der Waals surface area (Å²) in [7, 11) is 1.44. The lowest BCUT2D eigenvalue weighted by molar-refractivity contribution is 0.0214. The third-order valence-electron chi connectivity index (χ3n) is 5.28. The largest absolute Gasteiger partial charge is 0.394 e. The maximum absolute atomic E-state index is 15.0. The first-order chi connectivity index (χ1) is 16.9. The molecule has 1 aromatic heterocycles. The molecule has 0 saturated heterocycles. The van der Waals surface area contributed by atoms with Crippen molar-refractivity contribution in [2.75, 3.05) is 13.7 Å². The van der Waals surface area contributed by atoms with Crippen LogP contribution in [0.1, 0.15) is 27.2 Å². The summed E-state index contributed by atoms with van der Waals surface area (Å²) >= 11 is 5.89. The molecule has 3 rings (SSSR count). The second-order valence-corrected chi connectivity index (χ2v) is 8.04.